The molecule has 4 aliphatic rings. The van der Waals surface area contributed by atoms with Gasteiger partial charge in [0.25, 0.3) is 0 Å². The van der Waals surface area contributed by atoms with Crippen LogP contribution in [0.4, 0.5) is 0 Å². The normalized spacial score (nSPS) is 40.4. The van der Waals surface area contributed by atoms with Gasteiger partial charge >= 0.3 is 5.97 Å². The molecule has 7 atom stereocenters. The molecule has 31 heavy (non-hydrogen) atoms. The number of carbonyl (C=O) groups is 1. The maximum absolute atomic E-state index is 11.5. The molecule has 3 saturated carbocycles. The SMILES string of the molecule is CC(=O)O[C@H]1CC[C@@]2(C)C(=CC=C3C2CC[C@@]2(C)C3CC[C@@H]2[C@H](C)CCCC(C)C)C1. The highest BCUT2D eigenvalue weighted by Crippen LogP contribution is 2.66. The molecule has 0 spiro atoms. The van der Waals surface area contributed by atoms with Crippen molar-refractivity contribution in [3.05, 3.63) is 23.3 Å². The smallest absolute Gasteiger partial charge is 0.302 e. The summed E-state index contributed by atoms with van der Waals surface area (Å²) in [7, 11) is 0. The number of hydrogen-bond donors (Lipinski definition) is 0. The number of allylic oxidation sites excluding steroid dienone is 3. The third-order valence-electron chi connectivity index (χ3n) is 10.1. The Morgan fingerprint density at radius 2 is 1.81 bits per heavy atom. The second-order valence-corrected chi connectivity index (χ2v) is 12.4. The van der Waals surface area contributed by atoms with Gasteiger partial charge in [0, 0.05) is 13.3 Å². The Morgan fingerprint density at radius 3 is 2.52 bits per heavy atom. The molecule has 0 saturated heterocycles. The number of carbonyl (C=O) groups excluding carboxylic acids is 1. The maximum Gasteiger partial charge on any atom is 0.302 e. The van der Waals surface area contributed by atoms with Crippen molar-refractivity contribution in [2.75, 3.05) is 0 Å². The molecular weight excluding hydrogens is 380 g/mol. The van der Waals surface area contributed by atoms with Gasteiger partial charge in [-0.05, 0) is 78.9 Å². The zero-order valence-corrected chi connectivity index (χ0v) is 21.0. The van der Waals surface area contributed by atoms with Gasteiger partial charge in [0.15, 0.2) is 0 Å². The Labute approximate surface area is 191 Å². The van der Waals surface area contributed by atoms with E-state index in [1.54, 1.807) is 18.1 Å². The van der Waals surface area contributed by atoms with Crippen LogP contribution in [-0.4, -0.2) is 12.1 Å². The molecule has 2 heteroatoms. The first-order chi connectivity index (χ1) is 14.6. The minimum absolute atomic E-state index is 0.0863. The molecule has 2 nitrogen and oxygen atoms in total. The van der Waals surface area contributed by atoms with Crippen molar-refractivity contribution < 1.29 is 9.53 Å². The summed E-state index contributed by atoms with van der Waals surface area (Å²) in [4.78, 5) is 11.5. The Hall–Kier alpha value is -1.05. The van der Waals surface area contributed by atoms with Gasteiger partial charge < -0.3 is 4.74 Å². The molecule has 174 valence electrons. The lowest BCUT2D eigenvalue weighted by Crippen LogP contribution is -2.46. The molecule has 4 aliphatic carbocycles. The standard InChI is InChI=1S/C29H46O2/c1-19(2)8-7-9-20(3)25-12-13-26-24-11-10-22-18-23(31-21(4)30)14-16-28(22,5)27(24)15-17-29(25,26)6/h10-11,19-20,23,25-27H,7-9,12-18H2,1-6H3/t20-,23+,25-,26?,27?,28+,29-/m1/s1. The van der Waals surface area contributed by atoms with Crippen molar-refractivity contribution in [1.82, 2.24) is 0 Å². The van der Waals surface area contributed by atoms with Crippen LogP contribution in [0.3, 0.4) is 0 Å². The van der Waals surface area contributed by atoms with Gasteiger partial charge in [-0.25, -0.2) is 0 Å². The molecule has 0 aromatic rings. The van der Waals surface area contributed by atoms with Crippen LogP contribution in [0.25, 0.3) is 0 Å². The largest absolute Gasteiger partial charge is 0.462 e. The lowest BCUT2D eigenvalue weighted by atomic mass is 9.50. The van der Waals surface area contributed by atoms with Crippen molar-refractivity contribution in [1.29, 1.82) is 0 Å². The average Bonchev–Trinajstić information content (AvgIpc) is 3.05. The van der Waals surface area contributed by atoms with Crippen molar-refractivity contribution in [3.63, 3.8) is 0 Å². The lowest BCUT2D eigenvalue weighted by molar-refractivity contribution is -0.148. The van der Waals surface area contributed by atoms with Crippen LogP contribution in [0.5, 0.6) is 0 Å². The fraction of sp³-hybridized carbons (Fsp3) is 0.828. The Kier molecular flexibility index (Phi) is 6.50. The molecule has 0 bridgehead atoms. The molecule has 0 aliphatic heterocycles. The van der Waals surface area contributed by atoms with E-state index in [0.717, 1.165) is 42.9 Å². The zero-order valence-electron chi connectivity index (χ0n) is 21.0. The molecule has 4 rings (SSSR count). The number of ether oxygens (including phenoxy) is 1. The first-order valence-corrected chi connectivity index (χ1v) is 13.2. The van der Waals surface area contributed by atoms with Gasteiger partial charge in [0.05, 0.1) is 0 Å². The van der Waals surface area contributed by atoms with Gasteiger partial charge in [-0.1, -0.05) is 77.2 Å². The zero-order chi connectivity index (χ0) is 22.4. The summed E-state index contributed by atoms with van der Waals surface area (Å²) in [5.41, 5.74) is 4.10. The lowest BCUT2D eigenvalue weighted by Gasteiger charge is -2.55. The van der Waals surface area contributed by atoms with E-state index in [9.17, 15) is 4.79 Å². The van der Waals surface area contributed by atoms with Crippen LogP contribution in [0.2, 0.25) is 0 Å². The first-order valence-electron chi connectivity index (χ1n) is 13.2. The second-order valence-electron chi connectivity index (χ2n) is 12.4. The highest BCUT2D eigenvalue weighted by atomic mass is 16.5. The van der Waals surface area contributed by atoms with E-state index in [-0.39, 0.29) is 17.5 Å². The highest BCUT2D eigenvalue weighted by molar-refractivity contribution is 5.66. The Balaban J connectivity index is 1.51. The minimum Gasteiger partial charge on any atom is -0.462 e. The van der Waals surface area contributed by atoms with E-state index in [0.29, 0.717) is 11.3 Å². The fourth-order valence-electron chi connectivity index (χ4n) is 8.33. The second kappa shape index (κ2) is 8.71. The molecule has 3 fully saturated rings. The molecule has 0 aromatic heterocycles. The van der Waals surface area contributed by atoms with Gasteiger partial charge in [0.1, 0.15) is 6.10 Å². The van der Waals surface area contributed by atoms with Crippen molar-refractivity contribution >= 4 is 5.97 Å². The maximum atomic E-state index is 11.5. The van der Waals surface area contributed by atoms with Gasteiger partial charge in [-0.15, -0.1) is 0 Å². The molecule has 2 unspecified atom stereocenters. The predicted octanol–water partition coefficient (Wildman–Crippen LogP) is 7.88. The van der Waals surface area contributed by atoms with Crippen LogP contribution in [0.1, 0.15) is 106 Å². The van der Waals surface area contributed by atoms with E-state index in [4.69, 9.17) is 4.74 Å². The van der Waals surface area contributed by atoms with Crippen LogP contribution < -0.4 is 0 Å². The molecule has 0 N–H and O–H groups in total. The third kappa shape index (κ3) is 4.18. The van der Waals surface area contributed by atoms with E-state index < -0.39 is 0 Å². The molecule has 0 radical (unpaired) electrons. The molecule has 0 aromatic carbocycles. The van der Waals surface area contributed by atoms with Crippen LogP contribution in [0, 0.1) is 40.4 Å². The number of rotatable bonds is 6. The topological polar surface area (TPSA) is 26.3 Å². The van der Waals surface area contributed by atoms with Crippen molar-refractivity contribution in [3.8, 4) is 0 Å². The van der Waals surface area contributed by atoms with Crippen LogP contribution >= 0.6 is 0 Å². The average molecular weight is 427 g/mol. The molecule has 0 heterocycles. The first kappa shape index (κ1) is 23.1. The Bertz CT molecular complexity index is 746. The highest BCUT2D eigenvalue weighted by Gasteiger charge is 2.57. The van der Waals surface area contributed by atoms with Gasteiger partial charge in [-0.2, -0.15) is 0 Å². The monoisotopic (exact) mass is 426 g/mol. The molecular formula is C29H46O2. The number of fused-ring (bicyclic) bond motifs is 5. The summed E-state index contributed by atoms with van der Waals surface area (Å²) >= 11 is 0. The van der Waals surface area contributed by atoms with Crippen LogP contribution in [-0.2, 0) is 9.53 Å². The van der Waals surface area contributed by atoms with Gasteiger partial charge in [-0.3, -0.25) is 4.79 Å². The van der Waals surface area contributed by atoms with Crippen molar-refractivity contribution in [2.45, 2.75) is 112 Å². The van der Waals surface area contributed by atoms with Gasteiger partial charge in [0.2, 0.25) is 0 Å². The van der Waals surface area contributed by atoms with Crippen molar-refractivity contribution in [2.24, 2.45) is 40.4 Å². The summed E-state index contributed by atoms with van der Waals surface area (Å²) in [6, 6.07) is 0. The van der Waals surface area contributed by atoms with E-state index >= 15 is 0 Å². The predicted molar refractivity (Wildman–Crippen MR) is 129 cm³/mol. The Morgan fingerprint density at radius 1 is 1.03 bits per heavy atom. The van der Waals surface area contributed by atoms with Crippen LogP contribution in [0.15, 0.2) is 23.3 Å². The summed E-state index contributed by atoms with van der Waals surface area (Å²) in [6.07, 6.45) is 17.9. The third-order valence-corrected chi connectivity index (χ3v) is 10.1. The number of hydrogen-bond acceptors (Lipinski definition) is 2. The fourth-order valence-corrected chi connectivity index (χ4v) is 8.33. The summed E-state index contributed by atoms with van der Waals surface area (Å²) in [5.74, 6) is 3.94. The molecule has 0 amide bonds. The summed E-state index contributed by atoms with van der Waals surface area (Å²) in [5, 5.41) is 0. The summed E-state index contributed by atoms with van der Waals surface area (Å²) < 4.78 is 5.59. The minimum atomic E-state index is -0.130. The van der Waals surface area contributed by atoms with E-state index in [1.165, 1.54) is 44.9 Å². The summed E-state index contributed by atoms with van der Waals surface area (Å²) in [6.45, 7) is 14.0. The van der Waals surface area contributed by atoms with E-state index in [1.807, 2.05) is 0 Å². The quantitative estimate of drug-likeness (QED) is 0.404. The van der Waals surface area contributed by atoms with E-state index in [2.05, 4.69) is 46.8 Å². The number of esters is 1.